The van der Waals surface area contributed by atoms with Crippen molar-refractivity contribution in [2.24, 2.45) is 5.92 Å². The second-order valence-electron chi connectivity index (χ2n) is 10.7. The molecule has 2 aromatic carbocycles. The Morgan fingerprint density at radius 3 is 2.44 bits per heavy atom. The number of rotatable bonds is 6. The molecule has 14 heteroatoms. The molecule has 5 rings (SSSR count). The fourth-order valence-electron chi connectivity index (χ4n) is 5.47. The quantitative estimate of drug-likeness (QED) is 0.348. The second kappa shape index (κ2) is 12.4. The molecule has 43 heavy (non-hydrogen) atoms. The predicted octanol–water partition coefficient (Wildman–Crippen LogP) is 3.36. The van der Waals surface area contributed by atoms with Gasteiger partial charge in [-0.15, -0.1) is 0 Å². The number of pyridine rings is 1. The molecule has 3 aromatic rings. The number of carbonyl (C=O) groups is 2. The normalized spacial score (nSPS) is 19.3. The van der Waals surface area contributed by atoms with Gasteiger partial charge in [-0.2, -0.15) is 8.42 Å². The van der Waals surface area contributed by atoms with Crippen molar-refractivity contribution < 1.29 is 36.8 Å². The first kappa shape index (κ1) is 32.1. The fraction of sp³-hybridized carbons (Fsp3) is 0.345. The Labute approximate surface area is 252 Å². The lowest BCUT2D eigenvalue weighted by atomic mass is 9.67. The fourth-order valence-corrected chi connectivity index (χ4v) is 6.15. The molecule has 2 amide bonds. The van der Waals surface area contributed by atoms with Gasteiger partial charge in [0.15, 0.2) is 11.4 Å². The molecule has 0 bridgehead atoms. The van der Waals surface area contributed by atoms with Gasteiger partial charge in [0.25, 0.3) is 21.9 Å². The average Bonchev–Trinajstić information content (AvgIpc) is 2.93. The first-order valence-corrected chi connectivity index (χ1v) is 15.0. The van der Waals surface area contributed by atoms with E-state index in [-0.39, 0.29) is 39.2 Å². The number of nitrogens with zero attached hydrogens (tertiary/aromatic N) is 2. The van der Waals surface area contributed by atoms with Crippen LogP contribution in [0.25, 0.3) is 0 Å². The molecule has 0 unspecified atom stereocenters. The van der Waals surface area contributed by atoms with Gasteiger partial charge in [-0.1, -0.05) is 41.4 Å². The van der Waals surface area contributed by atoms with Crippen LogP contribution in [0.1, 0.15) is 44.8 Å². The monoisotopic (exact) mass is 635 g/mol. The molecule has 1 saturated carbocycles. The lowest BCUT2D eigenvalue weighted by molar-refractivity contribution is -0.0190. The summed E-state index contributed by atoms with van der Waals surface area (Å²) in [6, 6.07) is 10.4. The molecule has 2 heterocycles. The van der Waals surface area contributed by atoms with Crippen molar-refractivity contribution in [2.45, 2.75) is 36.7 Å². The topological polar surface area (TPSA) is 155 Å². The van der Waals surface area contributed by atoms with E-state index < -0.39 is 44.5 Å². The lowest BCUT2D eigenvalue weighted by Crippen LogP contribution is -2.60. The van der Waals surface area contributed by atoms with Crippen LogP contribution in [0, 0.1) is 18.7 Å². The third-order valence-corrected chi connectivity index (χ3v) is 8.71. The molecular formula is C29H31ClFN3O8S. The number of amides is 2. The van der Waals surface area contributed by atoms with Crippen LogP contribution < -0.4 is 10.7 Å². The van der Waals surface area contributed by atoms with Gasteiger partial charge in [0.2, 0.25) is 5.43 Å². The number of methoxy groups -OCH3 is 1. The average molecular weight is 636 g/mol. The highest BCUT2D eigenvalue weighted by Crippen LogP contribution is 2.48. The first-order chi connectivity index (χ1) is 20.2. The maximum atomic E-state index is 14.1. The van der Waals surface area contributed by atoms with Gasteiger partial charge >= 0.3 is 0 Å². The van der Waals surface area contributed by atoms with E-state index in [1.54, 1.807) is 36.9 Å². The molecule has 1 aromatic heterocycles. The zero-order valence-electron chi connectivity index (χ0n) is 23.6. The summed E-state index contributed by atoms with van der Waals surface area (Å²) in [4.78, 5) is 39.7. The number of benzene rings is 2. The van der Waals surface area contributed by atoms with E-state index in [4.69, 9.17) is 20.9 Å². The summed E-state index contributed by atoms with van der Waals surface area (Å²) < 4.78 is 50.4. The summed E-state index contributed by atoms with van der Waals surface area (Å²) in [7, 11) is -0.793. The Kier molecular flexibility index (Phi) is 9.30. The van der Waals surface area contributed by atoms with Crippen LogP contribution in [-0.4, -0.2) is 66.7 Å². The maximum Gasteiger partial charge on any atom is 0.294 e. The molecular weight excluding hydrogens is 605 g/mol. The van der Waals surface area contributed by atoms with E-state index >= 15 is 0 Å². The van der Waals surface area contributed by atoms with Crippen LogP contribution >= 0.6 is 11.6 Å². The van der Waals surface area contributed by atoms with Crippen molar-refractivity contribution >= 4 is 33.5 Å². The van der Waals surface area contributed by atoms with Crippen LogP contribution in [0.4, 0.5) is 4.39 Å². The molecule has 1 aliphatic carbocycles. The highest BCUT2D eigenvalue weighted by atomic mass is 35.5. The number of nitrogens with one attached hydrogen (secondary N) is 1. The summed E-state index contributed by atoms with van der Waals surface area (Å²) in [6.07, 6.45) is 2.67. The summed E-state index contributed by atoms with van der Waals surface area (Å²) in [6.45, 7) is 2.58. The smallest absolute Gasteiger partial charge is 0.294 e. The van der Waals surface area contributed by atoms with Crippen LogP contribution in [0.15, 0.2) is 58.4 Å². The molecule has 0 radical (unpaired) electrons. The van der Waals surface area contributed by atoms with Gasteiger partial charge in [0, 0.05) is 45.6 Å². The van der Waals surface area contributed by atoms with Crippen molar-refractivity contribution in [1.82, 2.24) is 14.8 Å². The van der Waals surface area contributed by atoms with Crippen LogP contribution in [-0.2, 0) is 26.9 Å². The van der Waals surface area contributed by atoms with E-state index in [9.17, 15) is 32.3 Å². The molecule has 0 atom stereocenters. The van der Waals surface area contributed by atoms with E-state index in [0.717, 1.165) is 5.56 Å². The summed E-state index contributed by atoms with van der Waals surface area (Å²) in [5.74, 6) is -2.44. The van der Waals surface area contributed by atoms with E-state index in [1.807, 2.05) is 6.92 Å². The number of halogens is 2. The van der Waals surface area contributed by atoms with Crippen LogP contribution in [0.2, 0.25) is 5.02 Å². The zero-order chi connectivity index (χ0) is 31.7. The zero-order valence-corrected chi connectivity index (χ0v) is 25.2. The number of aromatic hydroxyl groups is 1. The third kappa shape index (κ3) is 6.59. The Bertz CT molecular complexity index is 1720. The number of ether oxygens (including phenoxy) is 1. The third-order valence-electron chi connectivity index (χ3n) is 7.55. The molecule has 230 valence electrons. The second-order valence-corrected chi connectivity index (χ2v) is 12.6. The first-order valence-electron chi connectivity index (χ1n) is 13.2. The lowest BCUT2D eigenvalue weighted by Gasteiger charge is -2.54. The van der Waals surface area contributed by atoms with Gasteiger partial charge < -0.3 is 24.6 Å². The SMILES string of the molecule is COC[C@H]1C[C@@]2(CN(C)C(=O)c3c(O)c(=O)c(C(=O)NCc4cccc(Cl)c4F)cn32)C1.Cc1ccc(S(=O)(=O)O)cc1. The minimum Gasteiger partial charge on any atom is -0.503 e. The molecule has 1 spiro atoms. The number of carbonyl (C=O) groups excluding carboxylic acids is 2. The number of aryl methyl sites for hydroxylation is 1. The number of likely N-dealkylation sites (N-methyl/N-ethyl adjacent to an activating group) is 1. The summed E-state index contributed by atoms with van der Waals surface area (Å²) in [5.41, 5.74) is -0.828. The molecule has 11 nitrogen and oxygen atoms in total. The van der Waals surface area contributed by atoms with E-state index in [0.29, 0.717) is 26.0 Å². The Hall–Kier alpha value is -3.78. The molecule has 2 aliphatic rings. The van der Waals surface area contributed by atoms with Gasteiger partial charge in [0.05, 0.1) is 15.5 Å². The van der Waals surface area contributed by atoms with E-state index in [1.165, 1.54) is 35.4 Å². The summed E-state index contributed by atoms with van der Waals surface area (Å²) >= 11 is 5.77. The highest BCUT2D eigenvalue weighted by molar-refractivity contribution is 7.85. The van der Waals surface area contributed by atoms with Crippen molar-refractivity contribution in [3.8, 4) is 5.75 Å². The number of hydrogen-bond acceptors (Lipinski definition) is 7. The Morgan fingerprint density at radius 2 is 1.84 bits per heavy atom. The van der Waals surface area contributed by atoms with Crippen LogP contribution in [0.5, 0.6) is 5.75 Å². The van der Waals surface area contributed by atoms with Gasteiger partial charge in [0.1, 0.15) is 11.4 Å². The van der Waals surface area contributed by atoms with Crippen LogP contribution in [0.3, 0.4) is 0 Å². The van der Waals surface area contributed by atoms with E-state index in [2.05, 4.69) is 5.32 Å². The van der Waals surface area contributed by atoms with Crippen molar-refractivity contribution in [3.05, 3.63) is 92.1 Å². The molecule has 3 N–H and O–H groups in total. The van der Waals surface area contributed by atoms with Crippen molar-refractivity contribution in [3.63, 3.8) is 0 Å². The Morgan fingerprint density at radius 1 is 1.19 bits per heavy atom. The number of aromatic nitrogens is 1. The Balaban J connectivity index is 0.000000324. The number of fused-ring (bicyclic) bond motifs is 2. The van der Waals surface area contributed by atoms with Gasteiger partial charge in [-0.05, 0) is 43.9 Å². The maximum absolute atomic E-state index is 14.1. The minimum atomic E-state index is -4.02. The highest BCUT2D eigenvalue weighted by Gasteiger charge is 2.51. The van der Waals surface area contributed by atoms with Gasteiger partial charge in [-0.3, -0.25) is 18.9 Å². The molecule has 1 fully saturated rings. The molecule has 1 aliphatic heterocycles. The number of hydrogen-bond donors (Lipinski definition) is 3. The predicted molar refractivity (Wildman–Crippen MR) is 155 cm³/mol. The molecule has 0 saturated heterocycles. The van der Waals surface area contributed by atoms with Crippen molar-refractivity contribution in [1.29, 1.82) is 0 Å². The largest absolute Gasteiger partial charge is 0.503 e. The van der Waals surface area contributed by atoms with Crippen molar-refractivity contribution in [2.75, 3.05) is 27.3 Å². The minimum absolute atomic E-state index is 0.0666. The van der Waals surface area contributed by atoms with Gasteiger partial charge in [-0.25, -0.2) is 4.39 Å². The standard InChI is InChI=1S/C22H23ClFN3O5.C7H8O3S/c1-26-11-22(6-12(7-22)10-32-2)27-9-14(18(28)19(29)17(27)21(26)31)20(30)25-8-13-4-3-5-15(23)16(13)24;1-6-2-4-7(5-3-6)11(8,9)10/h3-5,9,12,29H,6-8,10-11H2,1-2H3,(H,25,30);2-5H,1H3,(H,8,9,10)/t12-,22-;. The summed E-state index contributed by atoms with van der Waals surface area (Å²) in [5, 5.41) is 13.0.